The van der Waals surface area contributed by atoms with Crippen LogP contribution in [0.3, 0.4) is 0 Å². The summed E-state index contributed by atoms with van der Waals surface area (Å²) in [7, 11) is 0. The van der Waals surface area contributed by atoms with Crippen molar-refractivity contribution in [3.8, 4) is 0 Å². The molecule has 0 saturated carbocycles. The van der Waals surface area contributed by atoms with Crippen LogP contribution in [0.5, 0.6) is 0 Å². The Kier molecular flexibility index (Phi) is 7.53. The Labute approximate surface area is 228 Å². The van der Waals surface area contributed by atoms with Crippen LogP contribution in [0, 0.1) is 25.7 Å². The number of allylic oxidation sites excluding steroid dienone is 3. The van der Waals surface area contributed by atoms with Crippen LogP contribution in [0.1, 0.15) is 101 Å². The predicted octanol–water partition coefficient (Wildman–Crippen LogP) is 6.58. The van der Waals surface area contributed by atoms with Gasteiger partial charge in [-0.15, -0.1) is 0 Å². The maximum atomic E-state index is 5.32. The van der Waals surface area contributed by atoms with Gasteiger partial charge >= 0.3 is 0 Å². The lowest BCUT2D eigenvalue weighted by Crippen LogP contribution is -2.20. The number of nitrogens with one attached hydrogen (secondary N) is 2. The lowest BCUT2D eigenvalue weighted by atomic mass is 9.86. The van der Waals surface area contributed by atoms with Crippen molar-refractivity contribution in [1.29, 1.82) is 0 Å². The van der Waals surface area contributed by atoms with Gasteiger partial charge in [0, 0.05) is 51.8 Å². The molecule has 5 heterocycles. The Bertz CT molecular complexity index is 1480. The van der Waals surface area contributed by atoms with E-state index in [-0.39, 0.29) is 6.04 Å². The minimum absolute atomic E-state index is 0.197. The van der Waals surface area contributed by atoms with E-state index in [0.717, 1.165) is 50.7 Å². The van der Waals surface area contributed by atoms with Crippen molar-refractivity contribution in [2.24, 2.45) is 21.8 Å². The Morgan fingerprint density at radius 1 is 0.868 bits per heavy atom. The molecule has 3 atom stereocenters. The van der Waals surface area contributed by atoms with Gasteiger partial charge in [-0.3, -0.25) is 9.98 Å². The minimum atomic E-state index is 0.197. The Balaban J connectivity index is 1.81. The van der Waals surface area contributed by atoms with E-state index in [1.807, 2.05) is 0 Å². The van der Waals surface area contributed by atoms with Crippen molar-refractivity contribution in [1.82, 2.24) is 9.97 Å². The monoisotopic (exact) mass is 510 g/mol. The van der Waals surface area contributed by atoms with E-state index in [1.165, 1.54) is 66.9 Å². The summed E-state index contributed by atoms with van der Waals surface area (Å²) in [5.41, 5.74) is 14.5. The molecule has 4 nitrogen and oxygen atoms in total. The molecule has 202 valence electrons. The zero-order valence-corrected chi connectivity index (χ0v) is 24.8. The number of hydrogen-bond donors (Lipinski definition) is 2. The van der Waals surface area contributed by atoms with Gasteiger partial charge in [-0.05, 0) is 98.1 Å². The number of rotatable bonds is 6. The number of aliphatic imine (C=N–C) groups is 2. The van der Waals surface area contributed by atoms with E-state index in [2.05, 4.69) is 83.6 Å². The lowest BCUT2D eigenvalue weighted by Gasteiger charge is -2.16. The summed E-state index contributed by atoms with van der Waals surface area (Å²) >= 11 is 0. The number of aromatic amines is 2. The first-order chi connectivity index (χ1) is 18.3. The fourth-order valence-electron chi connectivity index (χ4n) is 7.02. The lowest BCUT2D eigenvalue weighted by molar-refractivity contribution is 0.502. The molecule has 3 aliphatic rings. The number of aromatic nitrogens is 2. The largest absolute Gasteiger partial charge is 0.358 e. The van der Waals surface area contributed by atoms with Gasteiger partial charge in [-0.25, -0.2) is 0 Å². The molecule has 0 aliphatic carbocycles. The summed E-state index contributed by atoms with van der Waals surface area (Å²) in [5.74, 6) is 0.841. The second-order valence-electron chi connectivity index (χ2n) is 11.6. The Hall–Kier alpha value is -2.88. The SMILES string of the molecule is CCCc1c(C)/c2[nH]/c1=C\C1=NC(=C\C3=NC(Cc4[nH]c(c(CC)c4C)\C=2)C(CC)=C3C)/[C@H](C)[C@H]1CCC. The third-order valence-corrected chi connectivity index (χ3v) is 9.34. The predicted molar refractivity (Wildman–Crippen MR) is 163 cm³/mol. The summed E-state index contributed by atoms with van der Waals surface area (Å²) in [4.78, 5) is 18.3. The first-order valence-corrected chi connectivity index (χ1v) is 15.0. The van der Waals surface area contributed by atoms with Crippen LogP contribution in [0.25, 0.3) is 12.2 Å². The zero-order chi connectivity index (χ0) is 27.1. The second kappa shape index (κ2) is 10.7. The van der Waals surface area contributed by atoms with Crippen molar-refractivity contribution < 1.29 is 0 Å². The molecule has 1 unspecified atom stereocenters. The fraction of sp³-hybridized carbons (Fsp3) is 0.529. The maximum Gasteiger partial charge on any atom is 0.0777 e. The second-order valence-corrected chi connectivity index (χ2v) is 11.6. The number of H-pyrrole nitrogens is 2. The third-order valence-electron chi connectivity index (χ3n) is 9.34. The maximum absolute atomic E-state index is 5.32. The number of fused-ring (bicyclic) bond motifs is 6. The number of hydrogen-bond acceptors (Lipinski definition) is 2. The smallest absolute Gasteiger partial charge is 0.0777 e. The highest BCUT2D eigenvalue weighted by molar-refractivity contribution is 6.15. The molecule has 0 saturated heterocycles. The van der Waals surface area contributed by atoms with Crippen LogP contribution in [0.4, 0.5) is 0 Å². The molecule has 8 bridgehead atoms. The molecule has 0 aromatic carbocycles. The van der Waals surface area contributed by atoms with E-state index in [4.69, 9.17) is 9.98 Å². The summed E-state index contributed by atoms with van der Waals surface area (Å²) in [6.45, 7) is 18.3. The highest BCUT2D eigenvalue weighted by atomic mass is 14.9. The summed E-state index contributed by atoms with van der Waals surface area (Å²) < 4.78 is 0. The first-order valence-electron chi connectivity index (χ1n) is 15.0. The van der Waals surface area contributed by atoms with Crippen molar-refractivity contribution in [3.63, 3.8) is 0 Å². The summed E-state index contributed by atoms with van der Waals surface area (Å²) in [6, 6.07) is 0.197. The first kappa shape index (κ1) is 26.7. The van der Waals surface area contributed by atoms with E-state index < -0.39 is 0 Å². The van der Waals surface area contributed by atoms with Gasteiger partial charge in [-0.1, -0.05) is 47.5 Å². The molecule has 5 rings (SSSR count). The molecule has 38 heavy (non-hydrogen) atoms. The molecular formula is C34H46N4. The van der Waals surface area contributed by atoms with E-state index in [9.17, 15) is 0 Å². The molecule has 2 aromatic rings. The van der Waals surface area contributed by atoms with Crippen molar-refractivity contribution in [2.45, 2.75) is 106 Å². The highest BCUT2D eigenvalue weighted by Crippen LogP contribution is 2.36. The van der Waals surface area contributed by atoms with Crippen LogP contribution in [0.2, 0.25) is 0 Å². The standard InChI is InChI=1S/C34H46N4/c1-9-13-25-21(7)28-15-27-19(5)23(11-3)31(35-27)16-29-20(6)24(12-4)32(36-29)17-30-22(8)26(14-10-2)34(38-30)18-33(25)37-28/h15,17-18,21,25,31,36,38H,9-14,16H2,1-8H3/b28-15-,30-17-,34-18-/t21-,25-,31?/m1/s1. The molecule has 0 spiro atoms. The van der Waals surface area contributed by atoms with E-state index in [0.29, 0.717) is 11.8 Å². The minimum Gasteiger partial charge on any atom is -0.358 e. The summed E-state index contributed by atoms with van der Waals surface area (Å²) in [5, 5.41) is 2.45. The molecule has 0 fully saturated rings. The average Bonchev–Trinajstić information content (AvgIpc) is 3.55. The fourth-order valence-corrected chi connectivity index (χ4v) is 7.02. The molecular weight excluding hydrogens is 464 g/mol. The topological polar surface area (TPSA) is 56.3 Å². The van der Waals surface area contributed by atoms with Crippen LogP contribution >= 0.6 is 0 Å². The van der Waals surface area contributed by atoms with Gasteiger partial charge in [0.1, 0.15) is 0 Å². The average molecular weight is 511 g/mol. The van der Waals surface area contributed by atoms with Crippen LogP contribution in [0.15, 0.2) is 32.9 Å². The van der Waals surface area contributed by atoms with E-state index >= 15 is 0 Å². The van der Waals surface area contributed by atoms with Gasteiger partial charge < -0.3 is 9.97 Å². The van der Waals surface area contributed by atoms with Gasteiger partial charge in [0.2, 0.25) is 0 Å². The number of nitrogens with zero attached hydrogens (tertiary/aromatic N) is 2. The molecule has 2 N–H and O–H groups in total. The highest BCUT2D eigenvalue weighted by Gasteiger charge is 2.32. The van der Waals surface area contributed by atoms with Crippen LogP contribution < -0.4 is 10.7 Å². The molecule has 0 radical (unpaired) electrons. The summed E-state index contributed by atoms with van der Waals surface area (Å²) in [6.07, 6.45) is 14.5. The zero-order valence-electron chi connectivity index (χ0n) is 24.8. The van der Waals surface area contributed by atoms with Crippen LogP contribution in [-0.2, 0) is 19.3 Å². The van der Waals surface area contributed by atoms with Gasteiger partial charge in [-0.2, -0.15) is 0 Å². The normalized spacial score (nSPS) is 25.9. The Morgan fingerprint density at radius 2 is 1.66 bits per heavy atom. The molecule has 3 aliphatic heterocycles. The Morgan fingerprint density at radius 3 is 2.34 bits per heavy atom. The van der Waals surface area contributed by atoms with Gasteiger partial charge in [0.25, 0.3) is 0 Å². The third kappa shape index (κ3) is 4.50. The van der Waals surface area contributed by atoms with Gasteiger partial charge in [0.05, 0.1) is 11.8 Å². The van der Waals surface area contributed by atoms with E-state index in [1.54, 1.807) is 0 Å². The quantitative estimate of drug-likeness (QED) is 0.441. The molecule has 2 aromatic heterocycles. The molecule has 4 heteroatoms. The molecule has 0 amide bonds. The van der Waals surface area contributed by atoms with Crippen LogP contribution in [-0.4, -0.2) is 27.4 Å². The van der Waals surface area contributed by atoms with Crippen molar-refractivity contribution >= 4 is 23.6 Å². The van der Waals surface area contributed by atoms with Gasteiger partial charge in [0.15, 0.2) is 0 Å². The van der Waals surface area contributed by atoms with Crippen molar-refractivity contribution in [3.05, 3.63) is 67.3 Å². The van der Waals surface area contributed by atoms with Crippen molar-refractivity contribution in [2.75, 3.05) is 0 Å².